The Morgan fingerprint density at radius 2 is 1.96 bits per heavy atom. The van der Waals surface area contributed by atoms with Crippen molar-refractivity contribution in [3.63, 3.8) is 0 Å². The second-order valence-electron chi connectivity index (χ2n) is 6.90. The van der Waals surface area contributed by atoms with Gasteiger partial charge in [0.1, 0.15) is 10.6 Å². The summed E-state index contributed by atoms with van der Waals surface area (Å²) in [7, 11) is -1.78. The summed E-state index contributed by atoms with van der Waals surface area (Å²) in [6.07, 6.45) is 11.2. The Balaban J connectivity index is 1.63. The maximum Gasteiger partial charge on any atom is 0.267 e. The Morgan fingerprint density at radius 1 is 1.20 bits per heavy atom. The number of aromatic nitrogens is 1. The molecule has 0 aromatic carbocycles. The van der Waals surface area contributed by atoms with E-state index < -0.39 is 10.0 Å². The minimum Gasteiger partial charge on any atom is -0.350 e. The second-order valence-corrected chi connectivity index (χ2v) is 8.84. The molecule has 1 N–H and O–H groups in total. The van der Waals surface area contributed by atoms with Gasteiger partial charge in [-0.05, 0) is 51.0 Å². The van der Waals surface area contributed by atoms with E-state index in [1.54, 1.807) is 11.6 Å². The van der Waals surface area contributed by atoms with Gasteiger partial charge in [0.25, 0.3) is 5.91 Å². The van der Waals surface area contributed by atoms with Gasteiger partial charge in [0.2, 0.25) is 10.0 Å². The summed E-state index contributed by atoms with van der Waals surface area (Å²) < 4.78 is 28.3. The van der Waals surface area contributed by atoms with Crippen LogP contribution in [-0.2, 0) is 17.1 Å². The summed E-state index contributed by atoms with van der Waals surface area (Å²) in [4.78, 5) is 12.6. The molecule has 1 aromatic heterocycles. The van der Waals surface area contributed by atoms with Crippen LogP contribution >= 0.6 is 0 Å². The number of sulfonamides is 1. The molecule has 1 aromatic rings. The van der Waals surface area contributed by atoms with E-state index in [0.29, 0.717) is 25.3 Å². The van der Waals surface area contributed by atoms with Crippen LogP contribution in [0, 0.1) is 0 Å². The van der Waals surface area contributed by atoms with Crippen molar-refractivity contribution in [1.82, 2.24) is 14.2 Å². The predicted octanol–water partition coefficient (Wildman–Crippen LogP) is 2.43. The van der Waals surface area contributed by atoms with Crippen molar-refractivity contribution < 1.29 is 13.2 Å². The predicted molar refractivity (Wildman–Crippen MR) is 96.9 cm³/mol. The molecule has 1 aliphatic carbocycles. The van der Waals surface area contributed by atoms with E-state index in [4.69, 9.17) is 0 Å². The maximum atomic E-state index is 12.6. The summed E-state index contributed by atoms with van der Waals surface area (Å²) in [5.74, 6) is -0.221. The lowest BCUT2D eigenvalue weighted by molar-refractivity contribution is 0.0946. The molecule has 0 radical (unpaired) electrons. The van der Waals surface area contributed by atoms with Crippen LogP contribution in [0.3, 0.4) is 0 Å². The van der Waals surface area contributed by atoms with Gasteiger partial charge in [0.15, 0.2) is 0 Å². The molecule has 3 rings (SSSR count). The van der Waals surface area contributed by atoms with E-state index in [1.807, 2.05) is 0 Å². The standard InChI is InChI=1S/C18H27N3O3S/c1-20-14-16(25(23,24)21-11-5-6-12-21)13-17(20)18(22)19-10-9-15-7-3-2-4-8-15/h7,13-14H,2-6,8-12H2,1H3,(H,19,22). The highest BCUT2D eigenvalue weighted by Crippen LogP contribution is 2.23. The third-order valence-electron chi connectivity index (χ3n) is 5.03. The first-order chi connectivity index (χ1) is 12.0. The zero-order valence-electron chi connectivity index (χ0n) is 14.8. The topological polar surface area (TPSA) is 71.4 Å². The van der Waals surface area contributed by atoms with Gasteiger partial charge in [0, 0.05) is 32.9 Å². The Hall–Kier alpha value is -1.60. The fraction of sp³-hybridized carbons (Fsp3) is 0.611. The van der Waals surface area contributed by atoms with Gasteiger partial charge >= 0.3 is 0 Å². The number of hydrogen-bond donors (Lipinski definition) is 1. The molecule has 1 saturated heterocycles. The first-order valence-corrected chi connectivity index (χ1v) is 10.5. The summed E-state index contributed by atoms with van der Waals surface area (Å²) in [6.45, 7) is 1.71. The van der Waals surface area contributed by atoms with E-state index in [9.17, 15) is 13.2 Å². The van der Waals surface area contributed by atoms with Gasteiger partial charge in [-0.25, -0.2) is 8.42 Å². The zero-order valence-corrected chi connectivity index (χ0v) is 15.6. The molecule has 0 atom stereocenters. The number of nitrogens with zero attached hydrogens (tertiary/aromatic N) is 2. The van der Waals surface area contributed by atoms with Gasteiger partial charge in [-0.3, -0.25) is 4.79 Å². The number of allylic oxidation sites excluding steroid dienone is 1. The Labute approximate surface area is 149 Å². The van der Waals surface area contributed by atoms with E-state index in [2.05, 4.69) is 11.4 Å². The highest BCUT2D eigenvalue weighted by atomic mass is 32.2. The van der Waals surface area contributed by atoms with Crippen LogP contribution in [-0.4, -0.2) is 42.8 Å². The van der Waals surface area contributed by atoms with E-state index in [1.165, 1.54) is 35.0 Å². The summed E-state index contributed by atoms with van der Waals surface area (Å²) in [6, 6.07) is 1.49. The van der Waals surface area contributed by atoms with Crippen LogP contribution in [0.2, 0.25) is 0 Å². The van der Waals surface area contributed by atoms with Crippen molar-refractivity contribution >= 4 is 15.9 Å². The van der Waals surface area contributed by atoms with Gasteiger partial charge < -0.3 is 9.88 Å². The lowest BCUT2D eigenvalue weighted by Gasteiger charge is -2.13. The molecule has 7 heteroatoms. The van der Waals surface area contributed by atoms with Crippen molar-refractivity contribution in [2.75, 3.05) is 19.6 Å². The minimum atomic E-state index is -3.49. The fourth-order valence-corrected chi connectivity index (χ4v) is 5.13. The molecule has 0 bridgehead atoms. The highest BCUT2D eigenvalue weighted by Gasteiger charge is 2.29. The number of carbonyl (C=O) groups excluding carboxylic acids is 1. The lowest BCUT2D eigenvalue weighted by atomic mass is 9.97. The molecule has 2 aliphatic rings. The second kappa shape index (κ2) is 7.74. The molecule has 25 heavy (non-hydrogen) atoms. The molecular weight excluding hydrogens is 338 g/mol. The van der Waals surface area contributed by atoms with Gasteiger partial charge in [-0.1, -0.05) is 11.6 Å². The third kappa shape index (κ3) is 4.15. The van der Waals surface area contributed by atoms with E-state index >= 15 is 0 Å². The summed E-state index contributed by atoms with van der Waals surface area (Å²) in [5, 5.41) is 2.91. The highest BCUT2D eigenvalue weighted by molar-refractivity contribution is 7.89. The molecular formula is C18H27N3O3S. The van der Waals surface area contributed by atoms with E-state index in [-0.39, 0.29) is 10.8 Å². The Bertz CT molecular complexity index is 759. The van der Waals surface area contributed by atoms with Crippen LogP contribution in [0.15, 0.2) is 28.8 Å². The maximum absolute atomic E-state index is 12.6. The zero-order chi connectivity index (χ0) is 17.9. The average molecular weight is 365 g/mol. The molecule has 0 spiro atoms. The monoisotopic (exact) mass is 365 g/mol. The summed E-state index contributed by atoms with van der Waals surface area (Å²) >= 11 is 0. The van der Waals surface area contributed by atoms with Gasteiger partial charge in [-0.15, -0.1) is 0 Å². The van der Waals surface area contributed by atoms with Crippen LogP contribution in [0.1, 0.15) is 55.4 Å². The Morgan fingerprint density at radius 3 is 2.64 bits per heavy atom. The third-order valence-corrected chi connectivity index (χ3v) is 6.90. The number of aryl methyl sites for hydroxylation is 1. The summed E-state index contributed by atoms with van der Waals surface area (Å²) in [5.41, 5.74) is 1.80. The van der Waals surface area contributed by atoms with Gasteiger partial charge in [0.05, 0.1) is 0 Å². The van der Waals surface area contributed by atoms with Crippen LogP contribution in [0.5, 0.6) is 0 Å². The number of rotatable bonds is 6. The van der Waals surface area contributed by atoms with Gasteiger partial charge in [-0.2, -0.15) is 4.31 Å². The molecule has 1 amide bonds. The molecule has 138 valence electrons. The largest absolute Gasteiger partial charge is 0.350 e. The molecule has 6 nitrogen and oxygen atoms in total. The van der Waals surface area contributed by atoms with Crippen molar-refractivity contribution in [3.8, 4) is 0 Å². The first-order valence-electron chi connectivity index (χ1n) is 9.11. The number of amides is 1. The molecule has 0 unspecified atom stereocenters. The van der Waals surface area contributed by atoms with Crippen molar-refractivity contribution in [1.29, 1.82) is 0 Å². The van der Waals surface area contributed by atoms with Crippen LogP contribution in [0.4, 0.5) is 0 Å². The van der Waals surface area contributed by atoms with E-state index in [0.717, 1.165) is 32.1 Å². The number of carbonyl (C=O) groups is 1. The Kier molecular flexibility index (Phi) is 5.64. The average Bonchev–Trinajstić information content (AvgIpc) is 3.26. The quantitative estimate of drug-likeness (QED) is 0.787. The molecule has 0 saturated carbocycles. The molecule has 2 heterocycles. The van der Waals surface area contributed by atoms with Crippen LogP contribution in [0.25, 0.3) is 0 Å². The van der Waals surface area contributed by atoms with Crippen molar-refractivity contribution in [2.24, 2.45) is 7.05 Å². The van der Waals surface area contributed by atoms with Crippen molar-refractivity contribution in [2.45, 2.75) is 49.8 Å². The smallest absolute Gasteiger partial charge is 0.267 e. The first kappa shape index (κ1) is 18.2. The lowest BCUT2D eigenvalue weighted by Crippen LogP contribution is -2.27. The van der Waals surface area contributed by atoms with Crippen molar-refractivity contribution in [3.05, 3.63) is 29.6 Å². The molecule has 1 aliphatic heterocycles. The number of nitrogens with one attached hydrogen (secondary N) is 1. The number of hydrogen-bond acceptors (Lipinski definition) is 3. The van der Waals surface area contributed by atoms with Crippen LogP contribution < -0.4 is 5.32 Å². The minimum absolute atomic E-state index is 0.206. The normalized spacial score (nSPS) is 19.0. The fourth-order valence-electron chi connectivity index (χ4n) is 3.54. The SMILES string of the molecule is Cn1cc(S(=O)(=O)N2CCCC2)cc1C(=O)NCCC1=CCCCC1. The molecule has 1 fully saturated rings.